The molecule has 5 heterocycles. The van der Waals surface area contributed by atoms with E-state index in [1.165, 1.54) is 12.1 Å². The maximum Gasteiger partial charge on any atom is 0.365 e. The van der Waals surface area contributed by atoms with Gasteiger partial charge < -0.3 is 23.9 Å². The molecule has 3 aliphatic heterocycles. The Bertz CT molecular complexity index is 1810. The topological polar surface area (TPSA) is 123 Å². The lowest BCUT2D eigenvalue weighted by Crippen LogP contribution is -2.33. The van der Waals surface area contributed by atoms with Gasteiger partial charge in [-0.2, -0.15) is 5.26 Å². The minimum absolute atomic E-state index is 0.0347. The van der Waals surface area contributed by atoms with E-state index in [9.17, 15) is 14.3 Å². The number of carboxylic acid groups (broad SMARTS) is 1. The monoisotopic (exact) mass is 587 g/mol. The van der Waals surface area contributed by atoms with Crippen molar-refractivity contribution < 1.29 is 28.5 Å². The zero-order chi connectivity index (χ0) is 29.0. The maximum atomic E-state index is 14.9. The highest BCUT2D eigenvalue weighted by molar-refractivity contribution is 7.19. The van der Waals surface area contributed by atoms with E-state index in [1.807, 2.05) is 24.3 Å². The predicted octanol–water partition coefficient (Wildman–Crippen LogP) is 4.92. The van der Waals surface area contributed by atoms with Gasteiger partial charge in [-0.25, -0.2) is 19.2 Å². The predicted molar refractivity (Wildman–Crippen MR) is 151 cm³/mol. The van der Waals surface area contributed by atoms with E-state index >= 15 is 0 Å². The molecule has 2 atom stereocenters. The molecular formula is C30H26FN5O5S. The van der Waals surface area contributed by atoms with Crippen LogP contribution in [0.4, 0.5) is 4.39 Å². The number of hydrogen-bond acceptors (Lipinski definition) is 9. The molecule has 1 N–H and O–H groups in total. The first kappa shape index (κ1) is 26.6. The fraction of sp³-hybridized carbons (Fsp3) is 0.333. The van der Waals surface area contributed by atoms with Crippen LogP contribution in [0.3, 0.4) is 0 Å². The Morgan fingerprint density at radius 1 is 1.29 bits per heavy atom. The lowest BCUT2D eigenvalue weighted by atomic mass is 9.98. The van der Waals surface area contributed by atoms with Crippen LogP contribution in [0.25, 0.3) is 16.1 Å². The fourth-order valence-corrected chi connectivity index (χ4v) is 6.50. The van der Waals surface area contributed by atoms with E-state index in [-0.39, 0.29) is 22.2 Å². The number of imidazole rings is 1. The molecule has 10 nitrogen and oxygen atoms in total. The first-order valence-electron chi connectivity index (χ1n) is 13.6. The fourth-order valence-electron chi connectivity index (χ4n) is 5.63. The molecule has 7 rings (SSSR count). The van der Waals surface area contributed by atoms with Gasteiger partial charge in [-0.3, -0.25) is 4.90 Å². The van der Waals surface area contributed by atoms with Crippen molar-refractivity contribution in [3.8, 4) is 17.6 Å². The summed E-state index contributed by atoms with van der Waals surface area (Å²) in [6.45, 7) is 5.06. The van der Waals surface area contributed by atoms with E-state index in [1.54, 1.807) is 13.0 Å². The number of aromatic nitrogens is 3. The van der Waals surface area contributed by atoms with E-state index in [0.717, 1.165) is 59.1 Å². The van der Waals surface area contributed by atoms with Crippen molar-refractivity contribution >= 4 is 33.4 Å². The van der Waals surface area contributed by atoms with E-state index < -0.39 is 17.6 Å². The van der Waals surface area contributed by atoms with Crippen LogP contribution in [0.5, 0.6) is 11.5 Å². The molecule has 3 aliphatic rings. The SMILES string of the molecule is C[C@@]1(c2ccc(C#N)cc2F)Oc2cccc(C3=CCN(Cc4nc5nc(C(=O)O)sc5n4C[C@@H]4CCO4)CC3)c2O1. The van der Waals surface area contributed by atoms with Gasteiger partial charge in [-0.05, 0) is 42.7 Å². The van der Waals surface area contributed by atoms with Crippen molar-refractivity contribution in [3.63, 3.8) is 0 Å². The summed E-state index contributed by atoms with van der Waals surface area (Å²) in [4.78, 5) is 23.4. The summed E-state index contributed by atoms with van der Waals surface area (Å²) in [5.41, 5.74) is 2.92. The van der Waals surface area contributed by atoms with Crippen molar-refractivity contribution in [1.82, 2.24) is 19.4 Å². The van der Waals surface area contributed by atoms with Crippen molar-refractivity contribution in [1.29, 1.82) is 5.26 Å². The molecule has 2 aromatic heterocycles. The number of nitriles is 1. The summed E-state index contributed by atoms with van der Waals surface area (Å²) < 4.78 is 35.0. The maximum absolute atomic E-state index is 14.9. The zero-order valence-electron chi connectivity index (χ0n) is 22.7. The van der Waals surface area contributed by atoms with Crippen molar-refractivity contribution in [2.45, 2.75) is 44.7 Å². The van der Waals surface area contributed by atoms with Gasteiger partial charge in [0, 0.05) is 32.2 Å². The average molecular weight is 588 g/mol. The molecule has 4 aromatic rings. The number of hydrogen-bond donors (Lipinski definition) is 1. The highest BCUT2D eigenvalue weighted by Crippen LogP contribution is 2.49. The third-order valence-corrected chi connectivity index (χ3v) is 8.97. The van der Waals surface area contributed by atoms with Crippen LogP contribution in [0, 0.1) is 17.1 Å². The van der Waals surface area contributed by atoms with Crippen LogP contribution < -0.4 is 9.47 Å². The lowest BCUT2D eigenvalue weighted by Gasteiger charge is -2.29. The minimum Gasteiger partial charge on any atom is -0.476 e. The number of aromatic carboxylic acids is 1. The molecule has 0 radical (unpaired) electrons. The highest BCUT2D eigenvalue weighted by Gasteiger charge is 2.42. The van der Waals surface area contributed by atoms with Gasteiger partial charge in [0.05, 0.1) is 36.4 Å². The molecule has 0 amide bonds. The highest BCUT2D eigenvalue weighted by atomic mass is 32.1. The summed E-state index contributed by atoms with van der Waals surface area (Å²) in [5, 5.41) is 18.5. The number of carbonyl (C=O) groups is 1. The molecule has 0 bridgehead atoms. The van der Waals surface area contributed by atoms with Crippen LogP contribution in [0.2, 0.25) is 0 Å². The Morgan fingerprint density at radius 3 is 2.83 bits per heavy atom. The third kappa shape index (κ3) is 4.59. The van der Waals surface area contributed by atoms with E-state index in [0.29, 0.717) is 36.8 Å². The first-order chi connectivity index (χ1) is 20.3. The van der Waals surface area contributed by atoms with Gasteiger partial charge >= 0.3 is 5.97 Å². The average Bonchev–Trinajstić information content (AvgIpc) is 3.62. The Morgan fingerprint density at radius 2 is 2.14 bits per heavy atom. The van der Waals surface area contributed by atoms with Gasteiger partial charge in [0.2, 0.25) is 5.01 Å². The van der Waals surface area contributed by atoms with Gasteiger partial charge in [0.15, 0.2) is 17.1 Å². The van der Waals surface area contributed by atoms with Crippen LogP contribution >= 0.6 is 11.3 Å². The van der Waals surface area contributed by atoms with Gasteiger partial charge in [-0.15, -0.1) is 0 Å². The second kappa shape index (κ2) is 10.2. The molecule has 0 saturated carbocycles. The largest absolute Gasteiger partial charge is 0.476 e. The molecule has 0 unspecified atom stereocenters. The Kier molecular flexibility index (Phi) is 6.46. The molecule has 42 heavy (non-hydrogen) atoms. The Hall–Kier alpha value is -4.31. The third-order valence-electron chi connectivity index (χ3n) is 7.92. The molecule has 1 saturated heterocycles. The van der Waals surface area contributed by atoms with Crippen LogP contribution in [-0.2, 0) is 23.6 Å². The standard InChI is InChI=1S/C30H26FN5O5S/c1-30(21-6-5-17(14-32)13-22(21)31)40-23-4-2-3-20(25(23)41-30)18-7-10-35(11-8-18)16-24-33-26-28(42-27(34-26)29(37)38)36(24)15-19-9-12-39-19/h2-7,13,19H,8-12,15-16H2,1H3,(H,37,38)/t19-,30+/m0/s1. The number of benzene rings is 2. The van der Waals surface area contributed by atoms with Crippen molar-refractivity contribution in [2.75, 3.05) is 19.7 Å². The quantitative estimate of drug-likeness (QED) is 0.321. The lowest BCUT2D eigenvalue weighted by molar-refractivity contribution is -0.0708. The summed E-state index contributed by atoms with van der Waals surface area (Å²) in [5.74, 6) is -1.03. The van der Waals surface area contributed by atoms with Crippen LogP contribution in [0.15, 0.2) is 42.5 Å². The number of thiazole rings is 1. The van der Waals surface area contributed by atoms with Gasteiger partial charge in [0.1, 0.15) is 16.5 Å². The van der Waals surface area contributed by atoms with Crippen molar-refractivity contribution in [3.05, 3.63) is 75.8 Å². The number of halogens is 1. The minimum atomic E-state index is -1.36. The van der Waals surface area contributed by atoms with E-state index in [2.05, 4.69) is 20.5 Å². The number of carboxylic acids is 1. The van der Waals surface area contributed by atoms with E-state index in [4.69, 9.17) is 24.5 Å². The molecule has 1 fully saturated rings. The molecule has 2 aromatic carbocycles. The van der Waals surface area contributed by atoms with Gasteiger partial charge in [0.25, 0.3) is 5.79 Å². The molecular weight excluding hydrogens is 561 g/mol. The second-order valence-electron chi connectivity index (χ2n) is 10.7. The first-order valence-corrected chi connectivity index (χ1v) is 14.5. The Balaban J connectivity index is 1.10. The number of para-hydroxylation sites is 1. The van der Waals surface area contributed by atoms with Crippen molar-refractivity contribution in [2.24, 2.45) is 0 Å². The van der Waals surface area contributed by atoms with Crippen LogP contribution in [-0.4, -0.2) is 56.3 Å². The second-order valence-corrected chi connectivity index (χ2v) is 11.7. The molecule has 214 valence electrons. The smallest absolute Gasteiger partial charge is 0.365 e. The normalized spacial score (nSPS) is 21.6. The summed E-state index contributed by atoms with van der Waals surface area (Å²) >= 11 is 1.14. The zero-order valence-corrected chi connectivity index (χ0v) is 23.5. The number of rotatable bonds is 7. The summed E-state index contributed by atoms with van der Waals surface area (Å²) in [6, 6.07) is 11.9. The summed E-state index contributed by atoms with van der Waals surface area (Å²) in [6.07, 6.45) is 3.97. The number of fused-ring (bicyclic) bond motifs is 2. The van der Waals surface area contributed by atoms with Gasteiger partial charge in [-0.1, -0.05) is 29.5 Å². The number of nitrogens with zero attached hydrogens (tertiary/aromatic N) is 5. The summed E-state index contributed by atoms with van der Waals surface area (Å²) in [7, 11) is 0. The van der Waals surface area contributed by atoms with Crippen LogP contribution in [0.1, 0.15) is 52.1 Å². The number of ether oxygens (including phenoxy) is 3. The molecule has 0 aliphatic carbocycles. The Labute approximate surface area is 244 Å². The molecule has 12 heteroatoms. The molecule has 0 spiro atoms.